The van der Waals surface area contributed by atoms with Crippen molar-refractivity contribution in [1.82, 2.24) is 9.80 Å². The fourth-order valence-corrected chi connectivity index (χ4v) is 3.00. The summed E-state index contributed by atoms with van der Waals surface area (Å²) in [5.74, 6) is 0. The molecule has 3 nitrogen and oxygen atoms in total. The summed E-state index contributed by atoms with van der Waals surface area (Å²) < 4.78 is 0. The SMILES string of the molecule is O=CN1CCN(C2Cc3ccccc3C2)CC1. The summed E-state index contributed by atoms with van der Waals surface area (Å²) >= 11 is 0. The summed E-state index contributed by atoms with van der Waals surface area (Å²) in [4.78, 5) is 15.1. The Morgan fingerprint density at radius 2 is 1.59 bits per heavy atom. The number of piperazine rings is 1. The van der Waals surface area contributed by atoms with Gasteiger partial charge in [0.05, 0.1) is 0 Å². The number of amides is 1. The van der Waals surface area contributed by atoms with Crippen LogP contribution in [0.25, 0.3) is 0 Å². The predicted molar refractivity (Wildman–Crippen MR) is 66.8 cm³/mol. The lowest BCUT2D eigenvalue weighted by Gasteiger charge is -2.36. The van der Waals surface area contributed by atoms with Crippen LogP contribution in [0.2, 0.25) is 0 Å². The Kier molecular flexibility index (Phi) is 2.85. The zero-order valence-corrected chi connectivity index (χ0v) is 10.0. The average molecular weight is 230 g/mol. The van der Waals surface area contributed by atoms with E-state index in [1.165, 1.54) is 24.0 Å². The van der Waals surface area contributed by atoms with Crippen LogP contribution in [0.3, 0.4) is 0 Å². The second-order valence-electron chi connectivity index (χ2n) is 5.01. The molecule has 1 amide bonds. The van der Waals surface area contributed by atoms with Gasteiger partial charge >= 0.3 is 0 Å². The van der Waals surface area contributed by atoms with E-state index in [2.05, 4.69) is 29.2 Å². The number of carbonyl (C=O) groups excluding carboxylic acids is 1. The smallest absolute Gasteiger partial charge is 0.209 e. The molecule has 90 valence electrons. The van der Waals surface area contributed by atoms with Gasteiger partial charge in [0.2, 0.25) is 6.41 Å². The monoisotopic (exact) mass is 230 g/mol. The van der Waals surface area contributed by atoms with Gasteiger partial charge in [-0.3, -0.25) is 9.69 Å². The van der Waals surface area contributed by atoms with E-state index < -0.39 is 0 Å². The first-order chi connectivity index (χ1) is 8.36. The van der Waals surface area contributed by atoms with Gasteiger partial charge in [-0.25, -0.2) is 0 Å². The minimum Gasteiger partial charge on any atom is -0.343 e. The van der Waals surface area contributed by atoms with E-state index in [1.807, 2.05) is 4.90 Å². The molecular formula is C14H18N2O. The molecule has 3 rings (SSSR count). The van der Waals surface area contributed by atoms with E-state index in [1.54, 1.807) is 0 Å². The molecule has 0 spiro atoms. The van der Waals surface area contributed by atoms with Crippen LogP contribution in [0.15, 0.2) is 24.3 Å². The van der Waals surface area contributed by atoms with Crippen molar-refractivity contribution < 1.29 is 4.79 Å². The topological polar surface area (TPSA) is 23.6 Å². The first-order valence-electron chi connectivity index (χ1n) is 6.37. The maximum atomic E-state index is 10.7. The Morgan fingerprint density at radius 1 is 1.00 bits per heavy atom. The van der Waals surface area contributed by atoms with E-state index in [0.717, 1.165) is 32.6 Å². The molecule has 0 unspecified atom stereocenters. The van der Waals surface area contributed by atoms with Crippen LogP contribution in [-0.4, -0.2) is 48.4 Å². The van der Waals surface area contributed by atoms with Crippen molar-refractivity contribution in [3.8, 4) is 0 Å². The molecule has 1 saturated heterocycles. The van der Waals surface area contributed by atoms with Crippen molar-refractivity contribution in [1.29, 1.82) is 0 Å². The van der Waals surface area contributed by atoms with Gasteiger partial charge in [0.25, 0.3) is 0 Å². The van der Waals surface area contributed by atoms with Gasteiger partial charge in [0.15, 0.2) is 0 Å². The standard InChI is InChI=1S/C14H18N2O/c17-11-15-5-7-16(8-6-15)14-9-12-3-1-2-4-13(12)10-14/h1-4,11,14H,5-10H2. The quantitative estimate of drug-likeness (QED) is 0.706. The van der Waals surface area contributed by atoms with Gasteiger partial charge in [-0.2, -0.15) is 0 Å². The molecule has 17 heavy (non-hydrogen) atoms. The Bertz CT molecular complexity index is 385. The summed E-state index contributed by atoms with van der Waals surface area (Å²) in [5, 5.41) is 0. The van der Waals surface area contributed by atoms with Crippen LogP contribution >= 0.6 is 0 Å². The highest BCUT2D eigenvalue weighted by Gasteiger charge is 2.28. The zero-order valence-electron chi connectivity index (χ0n) is 10.0. The number of nitrogens with zero attached hydrogens (tertiary/aromatic N) is 2. The second kappa shape index (κ2) is 4.49. The molecule has 1 fully saturated rings. The minimum absolute atomic E-state index is 0.654. The fourth-order valence-electron chi connectivity index (χ4n) is 3.00. The van der Waals surface area contributed by atoms with Crippen LogP contribution < -0.4 is 0 Å². The Balaban J connectivity index is 1.64. The van der Waals surface area contributed by atoms with E-state index in [9.17, 15) is 4.79 Å². The number of benzene rings is 1. The van der Waals surface area contributed by atoms with Gasteiger partial charge in [-0.05, 0) is 24.0 Å². The van der Waals surface area contributed by atoms with Crippen molar-refractivity contribution >= 4 is 6.41 Å². The van der Waals surface area contributed by atoms with Crippen molar-refractivity contribution in [2.75, 3.05) is 26.2 Å². The van der Waals surface area contributed by atoms with Gasteiger partial charge in [-0.15, -0.1) is 0 Å². The van der Waals surface area contributed by atoms with Crippen molar-refractivity contribution in [3.63, 3.8) is 0 Å². The molecular weight excluding hydrogens is 212 g/mol. The van der Waals surface area contributed by atoms with Gasteiger partial charge in [-0.1, -0.05) is 24.3 Å². The Morgan fingerprint density at radius 3 is 2.12 bits per heavy atom. The highest BCUT2D eigenvalue weighted by atomic mass is 16.1. The van der Waals surface area contributed by atoms with Crippen molar-refractivity contribution in [2.45, 2.75) is 18.9 Å². The summed E-state index contributed by atoms with van der Waals surface area (Å²) in [6.07, 6.45) is 3.33. The lowest BCUT2D eigenvalue weighted by Crippen LogP contribution is -2.50. The molecule has 0 saturated carbocycles. The minimum atomic E-state index is 0.654. The molecule has 0 N–H and O–H groups in total. The third-order valence-electron chi connectivity index (χ3n) is 4.04. The van der Waals surface area contributed by atoms with Gasteiger partial charge in [0.1, 0.15) is 0 Å². The predicted octanol–water partition coefficient (Wildman–Crippen LogP) is 0.928. The fraction of sp³-hybridized carbons (Fsp3) is 0.500. The summed E-state index contributed by atoms with van der Waals surface area (Å²) in [7, 11) is 0. The molecule has 2 aliphatic rings. The highest BCUT2D eigenvalue weighted by molar-refractivity contribution is 5.47. The third kappa shape index (κ3) is 2.07. The number of rotatable bonds is 2. The number of carbonyl (C=O) groups is 1. The maximum absolute atomic E-state index is 10.7. The zero-order chi connectivity index (χ0) is 11.7. The molecule has 1 aliphatic carbocycles. The largest absolute Gasteiger partial charge is 0.343 e. The van der Waals surface area contributed by atoms with Crippen LogP contribution in [0, 0.1) is 0 Å². The second-order valence-corrected chi connectivity index (χ2v) is 5.01. The average Bonchev–Trinajstić information content (AvgIpc) is 2.82. The van der Waals surface area contributed by atoms with Crippen LogP contribution in [0.4, 0.5) is 0 Å². The highest BCUT2D eigenvalue weighted by Crippen LogP contribution is 2.25. The van der Waals surface area contributed by atoms with Crippen LogP contribution in [-0.2, 0) is 17.6 Å². The van der Waals surface area contributed by atoms with Crippen molar-refractivity contribution in [2.24, 2.45) is 0 Å². The molecule has 1 heterocycles. The number of hydrogen-bond acceptors (Lipinski definition) is 2. The molecule has 0 atom stereocenters. The lowest BCUT2D eigenvalue weighted by atomic mass is 10.1. The van der Waals surface area contributed by atoms with Crippen molar-refractivity contribution in [3.05, 3.63) is 35.4 Å². The Hall–Kier alpha value is -1.35. The summed E-state index contributed by atoms with van der Waals surface area (Å²) in [6.45, 7) is 3.82. The molecule has 1 aliphatic heterocycles. The van der Waals surface area contributed by atoms with Gasteiger partial charge in [0, 0.05) is 32.2 Å². The summed E-state index contributed by atoms with van der Waals surface area (Å²) in [5.41, 5.74) is 3.02. The van der Waals surface area contributed by atoms with E-state index in [-0.39, 0.29) is 0 Å². The van der Waals surface area contributed by atoms with Gasteiger partial charge < -0.3 is 4.90 Å². The molecule has 0 aromatic heterocycles. The lowest BCUT2D eigenvalue weighted by molar-refractivity contribution is -0.120. The van der Waals surface area contributed by atoms with E-state index in [4.69, 9.17) is 0 Å². The molecule has 0 bridgehead atoms. The van der Waals surface area contributed by atoms with E-state index in [0.29, 0.717) is 6.04 Å². The first-order valence-corrected chi connectivity index (χ1v) is 6.37. The normalized spacial score (nSPS) is 21.5. The molecule has 0 radical (unpaired) electrons. The molecule has 3 heteroatoms. The number of fused-ring (bicyclic) bond motifs is 1. The summed E-state index contributed by atoms with van der Waals surface area (Å²) in [6, 6.07) is 9.41. The maximum Gasteiger partial charge on any atom is 0.209 e. The molecule has 1 aromatic rings. The Labute approximate surface area is 102 Å². The number of hydrogen-bond donors (Lipinski definition) is 0. The van der Waals surface area contributed by atoms with E-state index >= 15 is 0 Å². The van der Waals surface area contributed by atoms with Crippen LogP contribution in [0.5, 0.6) is 0 Å². The van der Waals surface area contributed by atoms with Crippen LogP contribution in [0.1, 0.15) is 11.1 Å². The first kappa shape index (κ1) is 10.8. The molecule has 1 aromatic carbocycles. The third-order valence-corrected chi connectivity index (χ3v) is 4.04.